The normalized spacial score (nSPS) is 10.8. The van der Waals surface area contributed by atoms with Gasteiger partial charge in [0.25, 0.3) is 0 Å². The van der Waals surface area contributed by atoms with E-state index in [-0.39, 0.29) is 30.3 Å². The van der Waals surface area contributed by atoms with Gasteiger partial charge in [0.1, 0.15) is 18.2 Å². The summed E-state index contributed by atoms with van der Waals surface area (Å²) in [4.78, 5) is 15.3. The van der Waals surface area contributed by atoms with Crippen LogP contribution < -0.4 is 4.74 Å². The Morgan fingerprint density at radius 1 is 1.11 bits per heavy atom. The monoisotopic (exact) mass is 375 g/mol. The van der Waals surface area contributed by atoms with Crippen molar-refractivity contribution in [3.63, 3.8) is 0 Å². The summed E-state index contributed by atoms with van der Waals surface area (Å²) in [6.45, 7) is 0.157. The molecular formula is C18H15F2N3O4. The third kappa shape index (κ3) is 4.45. The molecule has 140 valence electrons. The molecule has 3 rings (SSSR count). The van der Waals surface area contributed by atoms with E-state index in [1.807, 2.05) is 0 Å². The molecular weight excluding hydrogens is 360 g/mol. The van der Waals surface area contributed by atoms with Gasteiger partial charge < -0.3 is 14.6 Å². The highest BCUT2D eigenvalue weighted by Crippen LogP contribution is 2.24. The molecule has 0 aliphatic rings. The minimum absolute atomic E-state index is 0.0177. The Morgan fingerprint density at radius 3 is 2.48 bits per heavy atom. The number of carboxylic acid groups (broad SMARTS) is 1. The molecule has 0 aliphatic heterocycles. The highest BCUT2D eigenvalue weighted by Gasteiger charge is 2.14. The zero-order valence-corrected chi connectivity index (χ0v) is 14.2. The molecule has 0 aliphatic carbocycles. The molecule has 0 saturated carbocycles. The van der Waals surface area contributed by atoms with E-state index in [1.165, 1.54) is 30.4 Å². The molecule has 0 radical (unpaired) electrons. The van der Waals surface area contributed by atoms with Gasteiger partial charge in [-0.2, -0.15) is 5.10 Å². The number of aromatic nitrogens is 3. The smallest absolute Gasteiger partial charge is 0.338 e. The maximum Gasteiger partial charge on any atom is 0.338 e. The summed E-state index contributed by atoms with van der Waals surface area (Å²) in [7, 11) is 1.52. The van der Waals surface area contributed by atoms with E-state index >= 15 is 0 Å². The molecule has 0 amide bonds. The van der Waals surface area contributed by atoms with Crippen LogP contribution in [0.2, 0.25) is 0 Å². The number of aromatic carboxylic acids is 1. The summed E-state index contributed by atoms with van der Waals surface area (Å²) in [6, 6.07) is 4.73. The van der Waals surface area contributed by atoms with Crippen molar-refractivity contribution in [2.45, 2.75) is 13.2 Å². The summed E-state index contributed by atoms with van der Waals surface area (Å²) >= 11 is 0. The fraction of sp³-hybridized carbons (Fsp3) is 0.167. The average Bonchev–Trinajstić information content (AvgIpc) is 3.10. The quantitative estimate of drug-likeness (QED) is 0.683. The fourth-order valence-electron chi connectivity index (χ4n) is 2.41. The van der Waals surface area contributed by atoms with E-state index in [9.17, 15) is 13.6 Å². The Hall–Kier alpha value is -3.33. The van der Waals surface area contributed by atoms with Crippen LogP contribution in [0, 0.1) is 11.6 Å². The minimum atomic E-state index is -1.13. The van der Waals surface area contributed by atoms with Crippen molar-refractivity contribution in [2.24, 2.45) is 0 Å². The summed E-state index contributed by atoms with van der Waals surface area (Å²) < 4.78 is 38.7. The molecule has 27 heavy (non-hydrogen) atoms. The first-order valence-corrected chi connectivity index (χ1v) is 7.80. The second kappa shape index (κ2) is 7.92. The minimum Gasteiger partial charge on any atom is -0.485 e. The molecule has 7 nitrogen and oxygen atoms in total. The third-order valence-electron chi connectivity index (χ3n) is 3.56. The van der Waals surface area contributed by atoms with Crippen LogP contribution in [0.25, 0.3) is 5.82 Å². The number of methoxy groups -OCH3 is 1. The highest BCUT2D eigenvalue weighted by molar-refractivity contribution is 5.87. The van der Waals surface area contributed by atoms with Crippen molar-refractivity contribution in [1.29, 1.82) is 0 Å². The van der Waals surface area contributed by atoms with Crippen LogP contribution in [-0.4, -0.2) is 33.0 Å². The van der Waals surface area contributed by atoms with E-state index < -0.39 is 17.6 Å². The van der Waals surface area contributed by atoms with E-state index in [2.05, 4.69) is 10.1 Å². The highest BCUT2D eigenvalue weighted by atomic mass is 19.1. The summed E-state index contributed by atoms with van der Waals surface area (Å²) in [5.74, 6) is -2.06. The molecule has 2 aromatic heterocycles. The largest absolute Gasteiger partial charge is 0.485 e. The lowest BCUT2D eigenvalue weighted by Gasteiger charge is -2.12. The Labute approximate surface area is 152 Å². The van der Waals surface area contributed by atoms with Crippen LogP contribution in [0.5, 0.6) is 5.75 Å². The molecule has 0 atom stereocenters. The number of ether oxygens (including phenoxy) is 2. The molecule has 2 heterocycles. The second-order valence-electron chi connectivity index (χ2n) is 5.64. The molecule has 0 fully saturated rings. The zero-order chi connectivity index (χ0) is 19.4. The Morgan fingerprint density at radius 2 is 1.85 bits per heavy atom. The molecule has 0 bridgehead atoms. The van der Waals surface area contributed by atoms with Crippen molar-refractivity contribution in [3.8, 4) is 11.6 Å². The van der Waals surface area contributed by atoms with Crippen molar-refractivity contribution in [2.75, 3.05) is 7.11 Å². The number of carboxylic acids is 1. The van der Waals surface area contributed by atoms with Crippen LogP contribution in [0.1, 0.15) is 21.5 Å². The molecule has 0 saturated heterocycles. The van der Waals surface area contributed by atoms with Crippen molar-refractivity contribution >= 4 is 5.97 Å². The summed E-state index contributed by atoms with van der Waals surface area (Å²) in [5.41, 5.74) is 0.977. The lowest BCUT2D eigenvalue weighted by atomic mass is 10.2. The average molecular weight is 375 g/mol. The van der Waals surface area contributed by atoms with Crippen LogP contribution >= 0.6 is 0 Å². The van der Waals surface area contributed by atoms with Gasteiger partial charge >= 0.3 is 5.97 Å². The molecule has 1 N–H and O–H groups in total. The molecule has 0 unspecified atom stereocenters. The van der Waals surface area contributed by atoms with E-state index in [1.54, 1.807) is 6.07 Å². The van der Waals surface area contributed by atoms with Gasteiger partial charge in [-0.05, 0) is 29.3 Å². The number of pyridine rings is 1. The zero-order valence-electron chi connectivity index (χ0n) is 14.2. The van der Waals surface area contributed by atoms with Gasteiger partial charge in [-0.1, -0.05) is 0 Å². The first-order valence-electron chi connectivity index (χ1n) is 7.80. The van der Waals surface area contributed by atoms with Gasteiger partial charge in [0.15, 0.2) is 11.6 Å². The van der Waals surface area contributed by atoms with Gasteiger partial charge in [0.05, 0.1) is 18.4 Å². The molecule has 9 heteroatoms. The van der Waals surface area contributed by atoms with E-state index in [0.717, 1.165) is 18.2 Å². The SMILES string of the molecule is COCc1cnc(-n2cc(C(=O)O)cn2)c(OCc2cc(F)cc(F)c2)c1. The summed E-state index contributed by atoms with van der Waals surface area (Å²) in [6.07, 6.45) is 4.00. The fourth-order valence-corrected chi connectivity index (χ4v) is 2.41. The maximum atomic E-state index is 13.3. The topological polar surface area (TPSA) is 86.5 Å². The summed E-state index contributed by atoms with van der Waals surface area (Å²) in [5, 5.41) is 13.0. The maximum absolute atomic E-state index is 13.3. The predicted octanol–water partition coefficient (Wildman–Crippen LogP) is 2.97. The van der Waals surface area contributed by atoms with Crippen LogP contribution in [0.15, 0.2) is 42.9 Å². The lowest BCUT2D eigenvalue weighted by Crippen LogP contribution is -2.06. The van der Waals surface area contributed by atoms with Gasteiger partial charge in [-0.25, -0.2) is 23.2 Å². The van der Waals surface area contributed by atoms with Gasteiger partial charge in [-0.15, -0.1) is 0 Å². The third-order valence-corrected chi connectivity index (χ3v) is 3.56. The standard InChI is InChI=1S/C18H15F2N3O4/c1-26-9-12-4-16(27-10-11-2-14(19)5-15(20)3-11)17(21-6-12)23-8-13(7-22-23)18(24)25/h2-8H,9-10H2,1H3,(H,24,25). The van der Waals surface area contributed by atoms with Crippen molar-refractivity contribution in [1.82, 2.24) is 14.8 Å². The number of halogens is 2. The molecule has 3 aromatic rings. The molecule has 0 spiro atoms. The number of benzene rings is 1. The predicted molar refractivity (Wildman–Crippen MR) is 89.7 cm³/mol. The first kappa shape index (κ1) is 18.5. The van der Waals surface area contributed by atoms with Gasteiger partial charge in [0, 0.05) is 25.6 Å². The second-order valence-corrected chi connectivity index (χ2v) is 5.64. The number of hydrogen-bond acceptors (Lipinski definition) is 5. The Kier molecular flexibility index (Phi) is 5.41. The van der Waals surface area contributed by atoms with Crippen LogP contribution in [-0.2, 0) is 18.0 Å². The van der Waals surface area contributed by atoms with Crippen LogP contribution in [0.3, 0.4) is 0 Å². The van der Waals surface area contributed by atoms with Crippen molar-refractivity contribution < 1.29 is 28.2 Å². The number of hydrogen-bond donors (Lipinski definition) is 1. The number of carbonyl (C=O) groups is 1. The Bertz CT molecular complexity index is 955. The number of rotatable bonds is 7. The van der Waals surface area contributed by atoms with Crippen molar-refractivity contribution in [3.05, 3.63) is 71.2 Å². The lowest BCUT2D eigenvalue weighted by molar-refractivity contribution is 0.0697. The van der Waals surface area contributed by atoms with Gasteiger partial charge in [0.2, 0.25) is 0 Å². The number of nitrogens with zero attached hydrogens (tertiary/aromatic N) is 3. The van der Waals surface area contributed by atoms with Gasteiger partial charge in [-0.3, -0.25) is 0 Å². The van der Waals surface area contributed by atoms with Crippen LogP contribution in [0.4, 0.5) is 8.78 Å². The van der Waals surface area contributed by atoms with E-state index in [0.29, 0.717) is 11.1 Å². The first-order chi connectivity index (χ1) is 13.0. The molecule has 1 aromatic carbocycles. The van der Waals surface area contributed by atoms with E-state index in [4.69, 9.17) is 14.6 Å². The Balaban J connectivity index is 1.92.